The van der Waals surface area contributed by atoms with Crippen LogP contribution in [0.1, 0.15) is 58.9 Å². The first-order valence-electron chi connectivity index (χ1n) is 8.52. The van der Waals surface area contributed by atoms with Gasteiger partial charge in [0.25, 0.3) is 0 Å². The summed E-state index contributed by atoms with van der Waals surface area (Å²) in [6.45, 7) is 12.1. The van der Waals surface area contributed by atoms with Crippen LogP contribution in [0.5, 0.6) is 0 Å². The number of nitrogens with zero attached hydrogens (tertiary/aromatic N) is 3. The van der Waals surface area contributed by atoms with E-state index in [2.05, 4.69) is 47.9 Å². The molecule has 0 unspecified atom stereocenters. The van der Waals surface area contributed by atoms with Gasteiger partial charge in [-0.2, -0.15) is 0 Å². The SMILES string of the molecule is CCNc1ncnc(N2CCC(CC)(CC)CC2)c1CC. The maximum absolute atomic E-state index is 4.59. The van der Waals surface area contributed by atoms with Crippen LogP contribution in [-0.4, -0.2) is 29.6 Å². The average molecular weight is 290 g/mol. The number of anilines is 2. The van der Waals surface area contributed by atoms with Gasteiger partial charge in [0.05, 0.1) is 0 Å². The van der Waals surface area contributed by atoms with E-state index >= 15 is 0 Å². The topological polar surface area (TPSA) is 41.1 Å². The number of piperidine rings is 1. The van der Waals surface area contributed by atoms with E-state index in [9.17, 15) is 0 Å². The third kappa shape index (κ3) is 3.30. The zero-order valence-electron chi connectivity index (χ0n) is 14.1. The summed E-state index contributed by atoms with van der Waals surface area (Å²) in [5.74, 6) is 2.15. The second-order valence-corrected chi connectivity index (χ2v) is 6.10. The molecule has 1 fully saturated rings. The molecule has 0 aromatic carbocycles. The highest BCUT2D eigenvalue weighted by Crippen LogP contribution is 2.39. The summed E-state index contributed by atoms with van der Waals surface area (Å²) in [7, 11) is 0. The zero-order valence-corrected chi connectivity index (χ0v) is 14.1. The molecule has 0 saturated carbocycles. The van der Waals surface area contributed by atoms with E-state index in [0.717, 1.165) is 37.7 Å². The quantitative estimate of drug-likeness (QED) is 0.863. The van der Waals surface area contributed by atoms with Gasteiger partial charge >= 0.3 is 0 Å². The van der Waals surface area contributed by atoms with Crippen LogP contribution in [0.3, 0.4) is 0 Å². The Bertz CT molecular complexity index is 444. The van der Waals surface area contributed by atoms with Crippen molar-refractivity contribution in [3.63, 3.8) is 0 Å². The molecule has 4 heteroatoms. The Hall–Kier alpha value is -1.32. The highest BCUT2D eigenvalue weighted by atomic mass is 15.2. The molecule has 2 heterocycles. The molecule has 21 heavy (non-hydrogen) atoms. The van der Waals surface area contributed by atoms with Gasteiger partial charge in [0, 0.05) is 25.2 Å². The van der Waals surface area contributed by atoms with Crippen LogP contribution < -0.4 is 10.2 Å². The Balaban J connectivity index is 2.18. The first-order valence-corrected chi connectivity index (χ1v) is 8.52. The number of nitrogens with one attached hydrogen (secondary N) is 1. The molecule has 2 rings (SSSR count). The van der Waals surface area contributed by atoms with E-state index in [1.54, 1.807) is 6.33 Å². The molecular weight excluding hydrogens is 260 g/mol. The van der Waals surface area contributed by atoms with Crippen molar-refractivity contribution in [3.05, 3.63) is 11.9 Å². The van der Waals surface area contributed by atoms with E-state index in [-0.39, 0.29) is 0 Å². The Labute approximate surface area is 129 Å². The number of hydrogen-bond donors (Lipinski definition) is 1. The standard InChI is InChI=1S/C17H30N4/c1-5-14-15(18-8-4)19-13-20-16(14)21-11-9-17(6-2,7-3)10-12-21/h13H,5-12H2,1-4H3,(H,18,19,20). The molecule has 1 aromatic rings. The van der Waals surface area contributed by atoms with Gasteiger partial charge in [-0.3, -0.25) is 0 Å². The van der Waals surface area contributed by atoms with Gasteiger partial charge in [0.1, 0.15) is 18.0 Å². The van der Waals surface area contributed by atoms with Gasteiger partial charge in [-0.15, -0.1) is 0 Å². The summed E-state index contributed by atoms with van der Waals surface area (Å²) in [5.41, 5.74) is 1.82. The fourth-order valence-electron chi connectivity index (χ4n) is 3.47. The second-order valence-electron chi connectivity index (χ2n) is 6.10. The molecule has 0 spiro atoms. The largest absolute Gasteiger partial charge is 0.370 e. The predicted octanol–water partition coefficient (Wildman–Crippen LogP) is 3.88. The zero-order chi connectivity index (χ0) is 15.3. The van der Waals surface area contributed by atoms with Gasteiger partial charge in [0.2, 0.25) is 0 Å². The molecule has 118 valence electrons. The molecule has 1 aromatic heterocycles. The Morgan fingerprint density at radius 1 is 1.10 bits per heavy atom. The molecule has 0 atom stereocenters. The molecule has 1 aliphatic heterocycles. The van der Waals surface area contributed by atoms with Crippen molar-refractivity contribution in [1.29, 1.82) is 0 Å². The highest BCUT2D eigenvalue weighted by molar-refractivity contribution is 5.59. The smallest absolute Gasteiger partial charge is 0.137 e. The molecule has 1 aliphatic rings. The first-order chi connectivity index (χ1) is 10.2. The lowest BCUT2D eigenvalue weighted by atomic mass is 9.74. The summed E-state index contributed by atoms with van der Waals surface area (Å²) in [4.78, 5) is 11.5. The predicted molar refractivity (Wildman–Crippen MR) is 90.0 cm³/mol. The van der Waals surface area contributed by atoms with Gasteiger partial charge in [0.15, 0.2) is 0 Å². The van der Waals surface area contributed by atoms with Crippen LogP contribution in [0.25, 0.3) is 0 Å². The minimum absolute atomic E-state index is 0.556. The molecule has 0 radical (unpaired) electrons. The maximum Gasteiger partial charge on any atom is 0.137 e. The van der Waals surface area contributed by atoms with Crippen molar-refractivity contribution in [1.82, 2.24) is 9.97 Å². The Morgan fingerprint density at radius 2 is 1.76 bits per heavy atom. The van der Waals surface area contributed by atoms with Crippen LogP contribution in [0.2, 0.25) is 0 Å². The van der Waals surface area contributed by atoms with Crippen LogP contribution in [0.4, 0.5) is 11.6 Å². The molecular formula is C17H30N4. The van der Waals surface area contributed by atoms with Crippen molar-refractivity contribution in [3.8, 4) is 0 Å². The van der Waals surface area contributed by atoms with Gasteiger partial charge in [-0.05, 0) is 31.6 Å². The molecule has 0 amide bonds. The molecule has 0 aliphatic carbocycles. The number of hydrogen-bond acceptors (Lipinski definition) is 4. The number of aromatic nitrogens is 2. The third-order valence-electron chi connectivity index (χ3n) is 5.24. The van der Waals surface area contributed by atoms with E-state index in [1.165, 1.54) is 31.2 Å². The Kier molecular flexibility index (Phi) is 5.43. The summed E-state index contributed by atoms with van der Waals surface area (Å²) < 4.78 is 0. The fourth-order valence-corrected chi connectivity index (χ4v) is 3.47. The normalized spacial score (nSPS) is 17.8. The molecule has 1 N–H and O–H groups in total. The minimum Gasteiger partial charge on any atom is -0.370 e. The number of rotatable bonds is 6. The van der Waals surface area contributed by atoms with Crippen molar-refractivity contribution in [2.24, 2.45) is 5.41 Å². The third-order valence-corrected chi connectivity index (χ3v) is 5.24. The fraction of sp³-hybridized carbons (Fsp3) is 0.765. The van der Waals surface area contributed by atoms with Crippen LogP contribution >= 0.6 is 0 Å². The lowest BCUT2D eigenvalue weighted by molar-refractivity contribution is 0.199. The lowest BCUT2D eigenvalue weighted by Crippen LogP contribution is -2.40. The van der Waals surface area contributed by atoms with E-state index in [0.29, 0.717) is 5.41 Å². The van der Waals surface area contributed by atoms with Crippen molar-refractivity contribution in [2.45, 2.75) is 59.8 Å². The molecule has 0 bridgehead atoms. The van der Waals surface area contributed by atoms with Gasteiger partial charge in [-0.25, -0.2) is 9.97 Å². The average Bonchev–Trinajstić information content (AvgIpc) is 2.55. The second kappa shape index (κ2) is 7.10. The lowest BCUT2D eigenvalue weighted by Gasteiger charge is -2.42. The van der Waals surface area contributed by atoms with Crippen LogP contribution in [-0.2, 0) is 6.42 Å². The maximum atomic E-state index is 4.59. The summed E-state index contributed by atoms with van der Waals surface area (Å²) in [6, 6.07) is 0. The van der Waals surface area contributed by atoms with E-state index in [1.807, 2.05) is 0 Å². The van der Waals surface area contributed by atoms with Crippen molar-refractivity contribution in [2.75, 3.05) is 29.9 Å². The minimum atomic E-state index is 0.556. The summed E-state index contributed by atoms with van der Waals surface area (Å²) in [5, 5.41) is 3.37. The monoisotopic (exact) mass is 290 g/mol. The van der Waals surface area contributed by atoms with Crippen LogP contribution in [0, 0.1) is 5.41 Å². The van der Waals surface area contributed by atoms with Crippen molar-refractivity contribution >= 4 is 11.6 Å². The van der Waals surface area contributed by atoms with Gasteiger partial charge in [-0.1, -0.05) is 33.6 Å². The summed E-state index contributed by atoms with van der Waals surface area (Å²) >= 11 is 0. The molecule has 4 nitrogen and oxygen atoms in total. The van der Waals surface area contributed by atoms with E-state index in [4.69, 9.17) is 0 Å². The van der Waals surface area contributed by atoms with Gasteiger partial charge < -0.3 is 10.2 Å². The van der Waals surface area contributed by atoms with Crippen LogP contribution in [0.15, 0.2) is 6.33 Å². The molecule has 1 saturated heterocycles. The first kappa shape index (κ1) is 16.1. The summed E-state index contributed by atoms with van der Waals surface area (Å²) in [6.07, 6.45) is 7.83. The highest BCUT2D eigenvalue weighted by Gasteiger charge is 2.32. The van der Waals surface area contributed by atoms with E-state index < -0.39 is 0 Å². The Morgan fingerprint density at radius 3 is 2.29 bits per heavy atom. The van der Waals surface area contributed by atoms with Crippen molar-refractivity contribution < 1.29 is 0 Å².